The lowest BCUT2D eigenvalue weighted by Crippen LogP contribution is -2.27. The molecular formula is C13H17FN2O. The van der Waals surface area contributed by atoms with E-state index < -0.39 is 0 Å². The van der Waals surface area contributed by atoms with Crippen LogP contribution in [0.25, 0.3) is 0 Å². The summed E-state index contributed by atoms with van der Waals surface area (Å²) >= 11 is 0. The van der Waals surface area contributed by atoms with Gasteiger partial charge in [0.05, 0.1) is 11.6 Å². The first kappa shape index (κ1) is 13.6. The van der Waals surface area contributed by atoms with Gasteiger partial charge in [-0.2, -0.15) is 5.26 Å². The molecule has 0 aromatic heterocycles. The number of methoxy groups -OCH3 is 1. The van der Waals surface area contributed by atoms with Gasteiger partial charge in [0.25, 0.3) is 0 Å². The number of nitriles is 1. The third kappa shape index (κ3) is 4.51. The zero-order chi connectivity index (χ0) is 12.7. The van der Waals surface area contributed by atoms with E-state index in [2.05, 4.69) is 11.4 Å². The maximum atomic E-state index is 13.1. The largest absolute Gasteiger partial charge is 0.385 e. The molecular weight excluding hydrogens is 219 g/mol. The summed E-state index contributed by atoms with van der Waals surface area (Å²) in [5.41, 5.74) is 1.20. The van der Waals surface area contributed by atoms with E-state index in [9.17, 15) is 4.39 Å². The van der Waals surface area contributed by atoms with Gasteiger partial charge in [0.2, 0.25) is 0 Å². The number of hydrogen-bond donors (Lipinski definition) is 1. The van der Waals surface area contributed by atoms with E-state index in [1.807, 2.05) is 6.92 Å². The van der Waals surface area contributed by atoms with Crippen LogP contribution >= 0.6 is 0 Å². The van der Waals surface area contributed by atoms with E-state index in [1.165, 1.54) is 18.2 Å². The average Bonchev–Trinajstić information content (AvgIpc) is 2.34. The van der Waals surface area contributed by atoms with Gasteiger partial charge < -0.3 is 10.1 Å². The van der Waals surface area contributed by atoms with Crippen LogP contribution in [0.2, 0.25) is 0 Å². The molecule has 0 bridgehead atoms. The van der Waals surface area contributed by atoms with Crippen molar-refractivity contribution in [2.45, 2.75) is 25.9 Å². The Hall–Kier alpha value is -1.44. The van der Waals surface area contributed by atoms with Gasteiger partial charge in [0.15, 0.2) is 0 Å². The number of halogens is 1. The van der Waals surface area contributed by atoms with Crippen LogP contribution in [0.4, 0.5) is 4.39 Å². The van der Waals surface area contributed by atoms with Gasteiger partial charge in [-0.05, 0) is 37.1 Å². The van der Waals surface area contributed by atoms with Crippen molar-refractivity contribution in [3.8, 4) is 6.07 Å². The summed E-state index contributed by atoms with van der Waals surface area (Å²) in [6.07, 6.45) is 0.883. The Kier molecular flexibility index (Phi) is 5.61. The zero-order valence-electron chi connectivity index (χ0n) is 10.2. The molecule has 0 spiro atoms. The van der Waals surface area contributed by atoms with Crippen molar-refractivity contribution in [3.63, 3.8) is 0 Å². The van der Waals surface area contributed by atoms with Crippen LogP contribution in [0.3, 0.4) is 0 Å². The molecule has 0 saturated carbocycles. The summed E-state index contributed by atoms with van der Waals surface area (Å²) in [6.45, 7) is 3.21. The average molecular weight is 236 g/mol. The third-order valence-corrected chi connectivity index (χ3v) is 2.58. The van der Waals surface area contributed by atoms with Crippen molar-refractivity contribution < 1.29 is 9.13 Å². The molecule has 3 nitrogen and oxygen atoms in total. The molecule has 4 heteroatoms. The molecule has 92 valence electrons. The van der Waals surface area contributed by atoms with Crippen LogP contribution in [-0.2, 0) is 11.3 Å². The summed E-state index contributed by atoms with van der Waals surface area (Å²) in [5.74, 6) is -0.314. The molecule has 1 aromatic carbocycles. The van der Waals surface area contributed by atoms with Crippen LogP contribution in [0.5, 0.6) is 0 Å². The van der Waals surface area contributed by atoms with Crippen LogP contribution < -0.4 is 5.32 Å². The van der Waals surface area contributed by atoms with Crippen LogP contribution in [0, 0.1) is 17.1 Å². The van der Waals surface area contributed by atoms with Gasteiger partial charge >= 0.3 is 0 Å². The predicted octanol–water partition coefficient (Wildman–Crippen LogP) is 2.21. The van der Waals surface area contributed by atoms with Crippen molar-refractivity contribution in [2.75, 3.05) is 13.7 Å². The van der Waals surface area contributed by atoms with Crippen LogP contribution in [0.15, 0.2) is 18.2 Å². The first-order chi connectivity index (χ1) is 8.17. The highest BCUT2D eigenvalue weighted by molar-refractivity contribution is 5.37. The van der Waals surface area contributed by atoms with Gasteiger partial charge in [-0.3, -0.25) is 0 Å². The maximum absolute atomic E-state index is 13.1. The molecule has 1 atom stereocenters. The number of nitrogens with zero attached hydrogens (tertiary/aromatic N) is 1. The second kappa shape index (κ2) is 7.00. The van der Waals surface area contributed by atoms with E-state index in [-0.39, 0.29) is 11.9 Å². The second-order valence-corrected chi connectivity index (χ2v) is 3.98. The second-order valence-electron chi connectivity index (χ2n) is 3.98. The third-order valence-electron chi connectivity index (χ3n) is 2.58. The molecule has 0 amide bonds. The van der Waals surface area contributed by atoms with Crippen molar-refractivity contribution >= 4 is 0 Å². The highest BCUT2D eigenvalue weighted by Gasteiger charge is 2.06. The predicted molar refractivity (Wildman–Crippen MR) is 63.9 cm³/mol. The Morgan fingerprint density at radius 1 is 1.53 bits per heavy atom. The van der Waals surface area contributed by atoms with Crippen molar-refractivity contribution in [3.05, 3.63) is 35.1 Å². The zero-order valence-corrected chi connectivity index (χ0v) is 10.2. The summed E-state index contributed by atoms with van der Waals surface area (Å²) < 4.78 is 18.0. The standard InChI is InChI=1S/C13H17FN2O/c1-10(5-6-17-2)16-9-12-7-13(14)4-3-11(12)8-15/h3-4,7,10,16H,5-6,9H2,1-2H3. The van der Waals surface area contributed by atoms with Gasteiger partial charge in [0.1, 0.15) is 5.82 Å². The monoisotopic (exact) mass is 236 g/mol. The molecule has 0 aliphatic carbocycles. The summed E-state index contributed by atoms with van der Waals surface area (Å²) in [4.78, 5) is 0. The Labute approximate surface area is 101 Å². The first-order valence-electron chi connectivity index (χ1n) is 5.58. The van der Waals surface area contributed by atoms with E-state index in [1.54, 1.807) is 7.11 Å². The van der Waals surface area contributed by atoms with E-state index >= 15 is 0 Å². The highest BCUT2D eigenvalue weighted by atomic mass is 19.1. The van der Waals surface area contributed by atoms with Crippen molar-refractivity contribution in [1.82, 2.24) is 5.32 Å². The highest BCUT2D eigenvalue weighted by Crippen LogP contribution is 2.10. The number of hydrogen-bond acceptors (Lipinski definition) is 3. The summed E-state index contributed by atoms with van der Waals surface area (Å²) in [5, 5.41) is 12.1. The van der Waals surface area contributed by atoms with Crippen molar-refractivity contribution in [1.29, 1.82) is 5.26 Å². The lowest BCUT2D eigenvalue weighted by atomic mass is 10.1. The number of ether oxygens (including phenoxy) is 1. The maximum Gasteiger partial charge on any atom is 0.123 e. The van der Waals surface area contributed by atoms with Crippen LogP contribution in [-0.4, -0.2) is 19.8 Å². The van der Waals surface area contributed by atoms with E-state index in [0.717, 1.165) is 6.42 Å². The minimum absolute atomic E-state index is 0.268. The summed E-state index contributed by atoms with van der Waals surface area (Å²) in [7, 11) is 1.66. The number of benzene rings is 1. The Balaban J connectivity index is 2.56. The fourth-order valence-corrected chi connectivity index (χ4v) is 1.50. The van der Waals surface area contributed by atoms with Crippen LogP contribution in [0.1, 0.15) is 24.5 Å². The minimum atomic E-state index is -0.314. The molecule has 1 N–H and O–H groups in total. The topological polar surface area (TPSA) is 45.0 Å². The molecule has 1 unspecified atom stereocenters. The molecule has 0 fully saturated rings. The summed E-state index contributed by atoms with van der Waals surface area (Å²) in [6, 6.07) is 6.53. The van der Waals surface area contributed by atoms with Gasteiger partial charge in [-0.25, -0.2) is 4.39 Å². The molecule has 0 aliphatic rings. The quantitative estimate of drug-likeness (QED) is 0.823. The van der Waals surface area contributed by atoms with Gasteiger partial charge in [-0.15, -0.1) is 0 Å². The van der Waals surface area contributed by atoms with Gasteiger partial charge in [-0.1, -0.05) is 0 Å². The molecule has 0 radical (unpaired) electrons. The molecule has 17 heavy (non-hydrogen) atoms. The molecule has 0 heterocycles. The Bertz CT molecular complexity index is 401. The smallest absolute Gasteiger partial charge is 0.123 e. The van der Waals surface area contributed by atoms with E-state index in [4.69, 9.17) is 10.00 Å². The lowest BCUT2D eigenvalue weighted by Gasteiger charge is -2.13. The SMILES string of the molecule is COCCC(C)NCc1cc(F)ccc1C#N. The van der Waals surface area contributed by atoms with E-state index in [0.29, 0.717) is 24.3 Å². The fraction of sp³-hybridized carbons (Fsp3) is 0.462. The molecule has 0 aliphatic heterocycles. The molecule has 0 saturated heterocycles. The lowest BCUT2D eigenvalue weighted by molar-refractivity contribution is 0.184. The number of rotatable bonds is 6. The minimum Gasteiger partial charge on any atom is -0.385 e. The fourth-order valence-electron chi connectivity index (χ4n) is 1.50. The normalized spacial score (nSPS) is 12.1. The molecule has 1 rings (SSSR count). The first-order valence-corrected chi connectivity index (χ1v) is 5.58. The number of nitrogens with one attached hydrogen (secondary N) is 1. The Morgan fingerprint density at radius 3 is 2.94 bits per heavy atom. The van der Waals surface area contributed by atoms with Crippen molar-refractivity contribution in [2.24, 2.45) is 0 Å². The Morgan fingerprint density at radius 2 is 2.29 bits per heavy atom. The molecule has 1 aromatic rings. The van der Waals surface area contributed by atoms with Gasteiger partial charge in [0, 0.05) is 26.3 Å².